The van der Waals surface area contributed by atoms with Gasteiger partial charge in [-0.15, -0.1) is 11.3 Å². The standard InChI is InChI=1S/C20H15FN4O4S/c1-28-18-6-3-12(7-19(18)29-2)16-11-30-20(24-16)13(9-22)10-23-14-4-5-15(21)17(8-14)25(26)27/h3-8,10-11,23H,1-2H3. The SMILES string of the molecule is COc1ccc(-c2csc(C(C#N)=CNc3ccc(F)c([N+](=O)[O-])c3)n2)cc1OC. The molecular weight excluding hydrogens is 411 g/mol. The maximum Gasteiger partial charge on any atom is 0.306 e. The summed E-state index contributed by atoms with van der Waals surface area (Å²) in [5.74, 6) is 0.210. The summed E-state index contributed by atoms with van der Waals surface area (Å²) in [5.41, 5.74) is 1.27. The van der Waals surface area contributed by atoms with Gasteiger partial charge in [0.1, 0.15) is 16.6 Å². The second kappa shape index (κ2) is 9.02. The molecule has 0 fully saturated rings. The van der Waals surface area contributed by atoms with Gasteiger partial charge in [-0.1, -0.05) is 0 Å². The maximum absolute atomic E-state index is 13.5. The number of allylic oxidation sites excluding steroid dienone is 1. The number of nitro groups is 1. The molecule has 10 heteroatoms. The van der Waals surface area contributed by atoms with Crippen LogP contribution in [0.1, 0.15) is 5.01 Å². The van der Waals surface area contributed by atoms with E-state index in [9.17, 15) is 19.8 Å². The molecule has 0 unspecified atom stereocenters. The van der Waals surface area contributed by atoms with E-state index >= 15 is 0 Å². The maximum atomic E-state index is 13.5. The number of methoxy groups -OCH3 is 2. The van der Waals surface area contributed by atoms with Gasteiger partial charge in [-0.2, -0.15) is 9.65 Å². The third-order valence-corrected chi connectivity index (χ3v) is 4.94. The second-order valence-electron chi connectivity index (χ2n) is 5.85. The molecule has 0 bridgehead atoms. The van der Waals surface area contributed by atoms with Gasteiger partial charge in [0.2, 0.25) is 5.82 Å². The van der Waals surface area contributed by atoms with E-state index in [1.807, 2.05) is 12.1 Å². The largest absolute Gasteiger partial charge is 0.493 e. The van der Waals surface area contributed by atoms with Crippen molar-refractivity contribution in [3.8, 4) is 28.8 Å². The summed E-state index contributed by atoms with van der Waals surface area (Å²) in [6.45, 7) is 0. The number of thiazole rings is 1. The van der Waals surface area contributed by atoms with Crippen LogP contribution in [0.3, 0.4) is 0 Å². The Morgan fingerprint density at radius 1 is 1.27 bits per heavy atom. The van der Waals surface area contributed by atoms with Crippen LogP contribution < -0.4 is 14.8 Å². The van der Waals surface area contributed by atoms with Gasteiger partial charge in [-0.3, -0.25) is 10.1 Å². The number of nitrogens with zero attached hydrogens (tertiary/aromatic N) is 3. The summed E-state index contributed by atoms with van der Waals surface area (Å²) in [4.78, 5) is 14.5. The molecule has 0 saturated carbocycles. The molecule has 0 amide bonds. The van der Waals surface area contributed by atoms with Gasteiger partial charge in [0, 0.05) is 28.9 Å². The molecule has 2 aromatic carbocycles. The average molecular weight is 426 g/mol. The first-order valence-corrected chi connectivity index (χ1v) is 9.33. The summed E-state index contributed by atoms with van der Waals surface area (Å²) >= 11 is 1.26. The van der Waals surface area contributed by atoms with Gasteiger partial charge in [0.15, 0.2) is 11.5 Å². The van der Waals surface area contributed by atoms with Crippen molar-refractivity contribution in [2.75, 3.05) is 19.5 Å². The minimum absolute atomic E-state index is 0.221. The Kier molecular flexibility index (Phi) is 6.24. The van der Waals surface area contributed by atoms with Crippen LogP contribution >= 0.6 is 11.3 Å². The molecule has 1 aromatic heterocycles. The van der Waals surface area contributed by atoms with Crippen LogP contribution in [0.25, 0.3) is 16.8 Å². The number of nitro benzene ring substituents is 1. The summed E-state index contributed by atoms with van der Waals surface area (Å²) < 4.78 is 24.0. The fraction of sp³-hybridized carbons (Fsp3) is 0.100. The highest BCUT2D eigenvalue weighted by molar-refractivity contribution is 7.11. The number of ether oxygens (including phenoxy) is 2. The summed E-state index contributed by atoms with van der Waals surface area (Å²) in [6.07, 6.45) is 1.37. The number of benzene rings is 2. The van der Waals surface area contributed by atoms with Gasteiger partial charge in [-0.25, -0.2) is 4.98 Å². The second-order valence-corrected chi connectivity index (χ2v) is 6.70. The molecule has 0 aliphatic carbocycles. The monoisotopic (exact) mass is 426 g/mol. The molecule has 1 N–H and O–H groups in total. The Hall–Kier alpha value is -3.97. The summed E-state index contributed by atoms with van der Waals surface area (Å²) in [6, 6.07) is 10.8. The lowest BCUT2D eigenvalue weighted by Gasteiger charge is -2.08. The third-order valence-electron chi connectivity index (χ3n) is 4.06. The Morgan fingerprint density at radius 2 is 2.03 bits per heavy atom. The first kappa shape index (κ1) is 20.8. The van der Waals surface area contributed by atoms with Crippen molar-refractivity contribution in [1.29, 1.82) is 5.26 Å². The molecule has 0 spiro atoms. The van der Waals surface area contributed by atoms with Crippen molar-refractivity contribution in [2.24, 2.45) is 0 Å². The molecule has 1 heterocycles. The number of anilines is 1. The van der Waals surface area contributed by atoms with E-state index < -0.39 is 16.4 Å². The number of rotatable bonds is 7. The van der Waals surface area contributed by atoms with Crippen molar-refractivity contribution < 1.29 is 18.8 Å². The zero-order chi connectivity index (χ0) is 21.7. The lowest BCUT2D eigenvalue weighted by molar-refractivity contribution is -0.387. The molecule has 152 valence electrons. The molecule has 0 aliphatic rings. The zero-order valence-electron chi connectivity index (χ0n) is 15.9. The van der Waals surface area contributed by atoms with Crippen LogP contribution in [0, 0.1) is 27.3 Å². The van der Waals surface area contributed by atoms with Gasteiger partial charge < -0.3 is 14.8 Å². The van der Waals surface area contributed by atoms with E-state index in [2.05, 4.69) is 10.3 Å². The molecular formula is C20H15FN4O4S. The smallest absolute Gasteiger partial charge is 0.306 e. The highest BCUT2D eigenvalue weighted by Gasteiger charge is 2.15. The molecule has 0 radical (unpaired) electrons. The number of nitrogens with one attached hydrogen (secondary N) is 1. The van der Waals surface area contributed by atoms with Gasteiger partial charge in [0.05, 0.1) is 24.8 Å². The fourth-order valence-corrected chi connectivity index (χ4v) is 3.36. The molecule has 3 rings (SSSR count). The number of aromatic nitrogens is 1. The van der Waals surface area contributed by atoms with Gasteiger partial charge in [-0.05, 0) is 30.3 Å². The van der Waals surface area contributed by atoms with Crippen molar-refractivity contribution >= 4 is 28.3 Å². The van der Waals surface area contributed by atoms with Gasteiger partial charge >= 0.3 is 5.69 Å². The Balaban J connectivity index is 1.85. The van der Waals surface area contributed by atoms with E-state index in [0.29, 0.717) is 22.2 Å². The van der Waals surface area contributed by atoms with Crippen LogP contribution in [0.5, 0.6) is 11.5 Å². The van der Waals surface area contributed by atoms with E-state index in [1.165, 1.54) is 30.7 Å². The van der Waals surface area contributed by atoms with E-state index in [4.69, 9.17) is 9.47 Å². The Labute approximate surface area is 175 Å². The quantitative estimate of drug-likeness (QED) is 0.327. The van der Waals surface area contributed by atoms with Crippen LogP contribution in [0.4, 0.5) is 15.8 Å². The Bertz CT molecular complexity index is 1170. The van der Waals surface area contributed by atoms with Crippen molar-refractivity contribution in [1.82, 2.24) is 4.98 Å². The van der Waals surface area contributed by atoms with E-state index in [1.54, 1.807) is 24.6 Å². The van der Waals surface area contributed by atoms with Crippen LogP contribution in [-0.2, 0) is 0 Å². The molecule has 30 heavy (non-hydrogen) atoms. The van der Waals surface area contributed by atoms with E-state index in [0.717, 1.165) is 17.7 Å². The lowest BCUT2D eigenvalue weighted by Crippen LogP contribution is -1.96. The van der Waals surface area contributed by atoms with Crippen LogP contribution in [-0.4, -0.2) is 24.1 Å². The average Bonchev–Trinajstić information content (AvgIpc) is 3.24. The normalized spacial score (nSPS) is 10.9. The van der Waals surface area contributed by atoms with Crippen molar-refractivity contribution in [3.05, 3.63) is 68.9 Å². The summed E-state index contributed by atoms with van der Waals surface area (Å²) in [7, 11) is 3.08. The fourth-order valence-electron chi connectivity index (χ4n) is 2.57. The first-order valence-electron chi connectivity index (χ1n) is 8.46. The van der Waals surface area contributed by atoms with Crippen molar-refractivity contribution in [3.63, 3.8) is 0 Å². The minimum Gasteiger partial charge on any atom is -0.493 e. The van der Waals surface area contributed by atoms with E-state index in [-0.39, 0.29) is 11.3 Å². The molecule has 8 nitrogen and oxygen atoms in total. The lowest BCUT2D eigenvalue weighted by atomic mass is 10.1. The number of hydrogen-bond donors (Lipinski definition) is 1. The molecule has 3 aromatic rings. The Morgan fingerprint density at radius 3 is 2.70 bits per heavy atom. The summed E-state index contributed by atoms with van der Waals surface area (Å²) in [5, 5.41) is 25.4. The molecule has 0 atom stereocenters. The predicted molar refractivity (Wildman–Crippen MR) is 111 cm³/mol. The van der Waals surface area contributed by atoms with Crippen LogP contribution in [0.15, 0.2) is 48.0 Å². The molecule has 0 saturated heterocycles. The highest BCUT2D eigenvalue weighted by Crippen LogP contribution is 2.33. The predicted octanol–water partition coefficient (Wildman–Crippen LogP) is 4.85. The minimum atomic E-state index is -0.936. The number of nitriles is 1. The third kappa shape index (κ3) is 4.37. The number of halogens is 1. The number of hydrogen-bond acceptors (Lipinski definition) is 8. The molecule has 0 aliphatic heterocycles. The zero-order valence-corrected chi connectivity index (χ0v) is 16.7. The van der Waals surface area contributed by atoms with Gasteiger partial charge in [0.25, 0.3) is 0 Å². The topological polar surface area (TPSA) is 110 Å². The first-order chi connectivity index (χ1) is 14.5. The van der Waals surface area contributed by atoms with Crippen LogP contribution in [0.2, 0.25) is 0 Å². The highest BCUT2D eigenvalue weighted by atomic mass is 32.1. The van der Waals surface area contributed by atoms with Crippen molar-refractivity contribution in [2.45, 2.75) is 0 Å².